The van der Waals surface area contributed by atoms with Crippen LogP contribution in [0.4, 0.5) is 5.69 Å². The number of rotatable bonds is 5. The van der Waals surface area contributed by atoms with Gasteiger partial charge in [0.2, 0.25) is 0 Å². The molecule has 2 heterocycles. The largest absolute Gasteiger partial charge is 0.494 e. The van der Waals surface area contributed by atoms with Crippen molar-refractivity contribution in [2.24, 2.45) is 0 Å². The molecule has 1 N–H and O–H groups in total. The van der Waals surface area contributed by atoms with Gasteiger partial charge in [0.25, 0.3) is 5.91 Å². The van der Waals surface area contributed by atoms with E-state index in [1.807, 2.05) is 48.4 Å². The fourth-order valence-corrected chi connectivity index (χ4v) is 3.88. The Morgan fingerprint density at radius 3 is 2.62 bits per heavy atom. The zero-order chi connectivity index (χ0) is 20.2. The van der Waals surface area contributed by atoms with Crippen molar-refractivity contribution in [2.45, 2.75) is 32.7 Å². The number of nitrogens with zero attached hydrogens (tertiary/aromatic N) is 2. The number of nitrogens with one attached hydrogen (secondary N) is 1. The highest BCUT2D eigenvalue weighted by atomic mass is 16.5. The third-order valence-corrected chi connectivity index (χ3v) is 5.45. The predicted octanol–water partition coefficient (Wildman–Crippen LogP) is 4.66. The summed E-state index contributed by atoms with van der Waals surface area (Å²) in [6.45, 7) is 6.19. The van der Waals surface area contributed by atoms with Crippen molar-refractivity contribution in [1.82, 2.24) is 9.88 Å². The van der Waals surface area contributed by atoms with Crippen molar-refractivity contribution in [2.75, 3.05) is 25.0 Å². The van der Waals surface area contributed by atoms with E-state index in [0.717, 1.165) is 53.8 Å². The van der Waals surface area contributed by atoms with Gasteiger partial charge in [-0.1, -0.05) is 11.6 Å². The number of aromatic nitrogens is 1. The van der Waals surface area contributed by atoms with Crippen molar-refractivity contribution in [3.05, 3.63) is 65.9 Å². The number of likely N-dealkylation sites (tertiary alicyclic amines) is 1. The molecule has 0 unspecified atom stereocenters. The van der Waals surface area contributed by atoms with Gasteiger partial charge in [-0.25, -0.2) is 0 Å². The fraction of sp³-hybridized carbons (Fsp3) is 0.333. The number of hydrogen-bond donors (Lipinski definition) is 1. The molecule has 150 valence electrons. The molecule has 0 aliphatic carbocycles. The Kier molecular flexibility index (Phi) is 5.65. The van der Waals surface area contributed by atoms with Gasteiger partial charge in [0.05, 0.1) is 12.1 Å². The molecule has 0 spiro atoms. The van der Waals surface area contributed by atoms with Crippen LogP contribution in [0.3, 0.4) is 0 Å². The first-order valence-corrected chi connectivity index (χ1v) is 10.3. The summed E-state index contributed by atoms with van der Waals surface area (Å²) in [5.41, 5.74) is 4.07. The molecule has 1 saturated heterocycles. The number of carbonyl (C=O) groups is 1. The molecule has 0 atom stereocenters. The molecule has 0 radical (unpaired) electrons. The third-order valence-electron chi connectivity index (χ3n) is 5.45. The summed E-state index contributed by atoms with van der Waals surface area (Å²) >= 11 is 0. The summed E-state index contributed by atoms with van der Waals surface area (Å²) in [5.74, 6) is 0.892. The van der Waals surface area contributed by atoms with Crippen LogP contribution >= 0.6 is 0 Å². The molecule has 5 heteroatoms. The summed E-state index contributed by atoms with van der Waals surface area (Å²) in [6, 6.07) is 16.1. The van der Waals surface area contributed by atoms with E-state index in [9.17, 15) is 4.79 Å². The Morgan fingerprint density at radius 1 is 1.14 bits per heavy atom. The number of piperidine rings is 1. The van der Waals surface area contributed by atoms with E-state index in [4.69, 9.17) is 4.74 Å². The Morgan fingerprint density at radius 2 is 1.90 bits per heavy atom. The van der Waals surface area contributed by atoms with Gasteiger partial charge < -0.3 is 15.0 Å². The van der Waals surface area contributed by atoms with Crippen LogP contribution in [-0.2, 0) is 0 Å². The maximum Gasteiger partial charge on any atom is 0.253 e. The zero-order valence-electron chi connectivity index (χ0n) is 17.0. The number of hydrogen-bond acceptors (Lipinski definition) is 4. The second kappa shape index (κ2) is 8.52. The van der Waals surface area contributed by atoms with E-state index >= 15 is 0 Å². The fourth-order valence-electron chi connectivity index (χ4n) is 3.88. The Balaban J connectivity index is 1.38. The molecular formula is C24H27N3O2. The molecule has 1 aliphatic heterocycles. The number of ether oxygens (including phenoxy) is 1. The van der Waals surface area contributed by atoms with E-state index < -0.39 is 0 Å². The first kappa shape index (κ1) is 19.2. The average molecular weight is 389 g/mol. The van der Waals surface area contributed by atoms with E-state index in [0.29, 0.717) is 12.6 Å². The predicted molar refractivity (Wildman–Crippen MR) is 117 cm³/mol. The van der Waals surface area contributed by atoms with Gasteiger partial charge in [-0.15, -0.1) is 0 Å². The lowest BCUT2D eigenvalue weighted by atomic mass is 10.0. The molecule has 3 aromatic rings. The average Bonchev–Trinajstić information content (AvgIpc) is 2.75. The van der Waals surface area contributed by atoms with Gasteiger partial charge in [0, 0.05) is 42.0 Å². The third kappa shape index (κ3) is 4.34. The van der Waals surface area contributed by atoms with Crippen LogP contribution in [0, 0.1) is 6.92 Å². The molecule has 0 bridgehead atoms. The maximum absolute atomic E-state index is 12.8. The van der Waals surface area contributed by atoms with Crippen LogP contribution in [-0.4, -0.2) is 41.5 Å². The minimum absolute atomic E-state index is 0.0940. The molecule has 1 fully saturated rings. The number of fused-ring (bicyclic) bond motifs is 1. The Hall–Kier alpha value is -3.08. The SMILES string of the molecule is CCOc1ccc(C(=O)N2CCC(Nc3ccnc4ccc(C)cc34)CC2)cc1. The Bertz CT molecular complexity index is 993. The number of pyridine rings is 1. The lowest BCUT2D eigenvalue weighted by Gasteiger charge is -2.33. The van der Waals surface area contributed by atoms with Crippen molar-refractivity contribution >= 4 is 22.5 Å². The van der Waals surface area contributed by atoms with Crippen LogP contribution in [0.25, 0.3) is 10.9 Å². The van der Waals surface area contributed by atoms with Crippen molar-refractivity contribution in [3.8, 4) is 5.75 Å². The quantitative estimate of drug-likeness (QED) is 0.690. The van der Waals surface area contributed by atoms with Gasteiger partial charge in [0.15, 0.2) is 0 Å². The highest BCUT2D eigenvalue weighted by Gasteiger charge is 2.24. The summed E-state index contributed by atoms with van der Waals surface area (Å²) < 4.78 is 5.46. The molecule has 29 heavy (non-hydrogen) atoms. The number of carbonyl (C=O) groups excluding carboxylic acids is 1. The number of amides is 1. The van der Waals surface area contributed by atoms with Gasteiger partial charge in [-0.3, -0.25) is 9.78 Å². The zero-order valence-corrected chi connectivity index (χ0v) is 17.0. The Labute approximate surface area is 171 Å². The molecular weight excluding hydrogens is 362 g/mol. The molecule has 1 amide bonds. The maximum atomic E-state index is 12.8. The van der Waals surface area contributed by atoms with Crippen LogP contribution in [0.2, 0.25) is 0 Å². The van der Waals surface area contributed by atoms with Crippen molar-refractivity contribution in [1.29, 1.82) is 0 Å². The lowest BCUT2D eigenvalue weighted by Crippen LogP contribution is -2.42. The number of anilines is 1. The minimum Gasteiger partial charge on any atom is -0.494 e. The smallest absolute Gasteiger partial charge is 0.253 e. The summed E-state index contributed by atoms with van der Waals surface area (Å²) in [4.78, 5) is 19.2. The minimum atomic E-state index is 0.0940. The highest BCUT2D eigenvalue weighted by molar-refractivity contribution is 5.94. The van der Waals surface area contributed by atoms with E-state index in [1.54, 1.807) is 0 Å². The number of benzene rings is 2. The van der Waals surface area contributed by atoms with Crippen LogP contribution in [0.1, 0.15) is 35.7 Å². The monoisotopic (exact) mass is 389 g/mol. The summed E-state index contributed by atoms with van der Waals surface area (Å²) in [5, 5.41) is 4.83. The van der Waals surface area contributed by atoms with Gasteiger partial charge in [-0.05, 0) is 69.2 Å². The molecule has 5 nitrogen and oxygen atoms in total. The lowest BCUT2D eigenvalue weighted by molar-refractivity contribution is 0.0718. The van der Waals surface area contributed by atoms with Crippen molar-refractivity contribution in [3.63, 3.8) is 0 Å². The molecule has 1 aliphatic rings. The van der Waals surface area contributed by atoms with Crippen LogP contribution < -0.4 is 10.1 Å². The highest BCUT2D eigenvalue weighted by Crippen LogP contribution is 2.26. The van der Waals surface area contributed by atoms with E-state index in [-0.39, 0.29) is 5.91 Å². The topological polar surface area (TPSA) is 54.5 Å². The normalized spacial score (nSPS) is 14.8. The van der Waals surface area contributed by atoms with E-state index in [1.165, 1.54) is 5.56 Å². The van der Waals surface area contributed by atoms with Gasteiger partial charge >= 0.3 is 0 Å². The standard InChI is InChI=1S/C24H27N3O2/c1-3-29-20-7-5-18(6-8-20)24(28)27-14-11-19(12-15-27)26-23-10-13-25-22-9-4-17(2)16-21(22)23/h4-10,13,16,19H,3,11-12,14-15H2,1-2H3,(H,25,26). The first-order chi connectivity index (χ1) is 14.1. The summed E-state index contributed by atoms with van der Waals surface area (Å²) in [6.07, 6.45) is 3.71. The molecule has 4 rings (SSSR count). The summed E-state index contributed by atoms with van der Waals surface area (Å²) in [7, 11) is 0. The van der Waals surface area contributed by atoms with Crippen molar-refractivity contribution < 1.29 is 9.53 Å². The van der Waals surface area contributed by atoms with E-state index in [2.05, 4.69) is 35.4 Å². The molecule has 1 aromatic heterocycles. The second-order valence-corrected chi connectivity index (χ2v) is 7.55. The molecule has 2 aromatic carbocycles. The van der Waals surface area contributed by atoms with Crippen LogP contribution in [0.5, 0.6) is 5.75 Å². The molecule has 0 saturated carbocycles. The van der Waals surface area contributed by atoms with Gasteiger partial charge in [0.1, 0.15) is 5.75 Å². The number of aryl methyl sites for hydroxylation is 1. The van der Waals surface area contributed by atoms with Crippen LogP contribution in [0.15, 0.2) is 54.7 Å². The second-order valence-electron chi connectivity index (χ2n) is 7.55. The van der Waals surface area contributed by atoms with Gasteiger partial charge in [-0.2, -0.15) is 0 Å². The first-order valence-electron chi connectivity index (χ1n) is 10.3.